The van der Waals surface area contributed by atoms with Crippen LogP contribution in [0.5, 0.6) is 0 Å². The average Bonchev–Trinajstić information content (AvgIpc) is 2.41. The summed E-state index contributed by atoms with van der Waals surface area (Å²) in [6.07, 6.45) is 2.60. The highest BCUT2D eigenvalue weighted by Crippen LogP contribution is 2.43. The normalized spacial score (nSPS) is 20.2. The quantitative estimate of drug-likeness (QED) is 0.763. The van der Waals surface area contributed by atoms with E-state index in [9.17, 15) is 13.6 Å². The van der Waals surface area contributed by atoms with Gasteiger partial charge in [0.15, 0.2) is 0 Å². The smallest absolute Gasteiger partial charge is 0.200 e. The molecule has 1 saturated carbocycles. The second-order valence-electron chi connectivity index (χ2n) is 6.52. The number of carbonyl (C=O) groups is 1. The van der Waals surface area contributed by atoms with Crippen molar-refractivity contribution >= 4 is 5.78 Å². The third-order valence-corrected chi connectivity index (χ3v) is 4.44. The summed E-state index contributed by atoms with van der Waals surface area (Å²) in [5.41, 5.74) is -1.42. The van der Waals surface area contributed by atoms with E-state index in [0.717, 1.165) is 25.0 Å². The van der Waals surface area contributed by atoms with Crippen LogP contribution in [0, 0.1) is 17.0 Å². The van der Waals surface area contributed by atoms with Crippen LogP contribution in [0.4, 0.5) is 8.78 Å². The van der Waals surface area contributed by atoms with E-state index in [2.05, 4.69) is 13.8 Å². The summed E-state index contributed by atoms with van der Waals surface area (Å²) in [6.45, 7) is 6.42. The molecule has 0 bridgehead atoms. The summed E-state index contributed by atoms with van der Waals surface area (Å²) >= 11 is 0. The fourth-order valence-corrected chi connectivity index (χ4v) is 2.99. The molecule has 116 valence electrons. The largest absolute Gasteiger partial charge is 0.367 e. The number of benzene rings is 1. The number of ketones is 1. The molecule has 2 rings (SSSR count). The van der Waals surface area contributed by atoms with Gasteiger partial charge in [-0.15, -0.1) is 0 Å². The topological polar surface area (TPSA) is 26.3 Å². The summed E-state index contributed by atoms with van der Waals surface area (Å²) in [7, 11) is 0. The Kier molecular flexibility index (Phi) is 4.47. The van der Waals surface area contributed by atoms with Crippen molar-refractivity contribution in [3.05, 3.63) is 35.4 Å². The molecular weight excluding hydrogens is 274 g/mol. The van der Waals surface area contributed by atoms with Gasteiger partial charge >= 0.3 is 0 Å². The van der Waals surface area contributed by atoms with E-state index in [0.29, 0.717) is 19.4 Å². The molecule has 0 unspecified atom stereocenters. The molecule has 1 aliphatic rings. The highest BCUT2D eigenvalue weighted by Gasteiger charge is 2.46. The third kappa shape index (κ3) is 3.15. The Labute approximate surface area is 124 Å². The highest BCUT2D eigenvalue weighted by atomic mass is 19.1. The fourth-order valence-electron chi connectivity index (χ4n) is 2.99. The van der Waals surface area contributed by atoms with Gasteiger partial charge in [-0.1, -0.05) is 19.9 Å². The van der Waals surface area contributed by atoms with Crippen LogP contribution in [0.1, 0.15) is 56.8 Å². The minimum atomic E-state index is -1.09. The van der Waals surface area contributed by atoms with Gasteiger partial charge in [-0.25, -0.2) is 8.78 Å². The Morgan fingerprint density at radius 3 is 2.14 bits per heavy atom. The number of hydrogen-bond donors (Lipinski definition) is 0. The standard InChI is InChI=1S/C17H22F2O2/c1-4-21-17(10-8-16(2,3)9-11-17)15(20)14-12(18)6-5-7-13(14)19/h5-7H,4,8-11H2,1-3H3. The predicted molar refractivity (Wildman–Crippen MR) is 77.3 cm³/mol. The number of carbonyl (C=O) groups excluding carboxylic acids is 1. The molecule has 21 heavy (non-hydrogen) atoms. The van der Waals surface area contributed by atoms with Gasteiger partial charge in [-0.05, 0) is 50.2 Å². The van der Waals surface area contributed by atoms with Crippen LogP contribution in [0.25, 0.3) is 0 Å². The van der Waals surface area contributed by atoms with E-state index in [1.165, 1.54) is 6.07 Å². The Hall–Kier alpha value is -1.29. The maximum atomic E-state index is 13.9. The molecule has 0 N–H and O–H groups in total. The van der Waals surface area contributed by atoms with Crippen molar-refractivity contribution in [2.24, 2.45) is 5.41 Å². The zero-order valence-corrected chi connectivity index (χ0v) is 12.8. The van der Waals surface area contributed by atoms with E-state index in [-0.39, 0.29) is 5.41 Å². The Morgan fingerprint density at radius 2 is 1.67 bits per heavy atom. The molecule has 0 radical (unpaired) electrons. The average molecular weight is 296 g/mol. The van der Waals surface area contributed by atoms with Gasteiger partial charge in [0.1, 0.15) is 17.2 Å². The van der Waals surface area contributed by atoms with Crippen LogP contribution >= 0.6 is 0 Å². The second kappa shape index (κ2) is 5.84. The van der Waals surface area contributed by atoms with Crippen LogP contribution in [0.3, 0.4) is 0 Å². The molecule has 0 aromatic heterocycles. The van der Waals surface area contributed by atoms with Gasteiger partial charge in [0.2, 0.25) is 5.78 Å². The maximum Gasteiger partial charge on any atom is 0.200 e. The van der Waals surface area contributed by atoms with Crippen LogP contribution in [-0.4, -0.2) is 18.0 Å². The van der Waals surface area contributed by atoms with Gasteiger partial charge in [0, 0.05) is 6.61 Å². The van der Waals surface area contributed by atoms with Gasteiger partial charge in [-0.3, -0.25) is 4.79 Å². The Bertz CT molecular complexity index is 507. The zero-order valence-electron chi connectivity index (χ0n) is 12.8. The summed E-state index contributed by atoms with van der Waals surface area (Å²) in [5.74, 6) is -2.19. The first-order valence-corrected chi connectivity index (χ1v) is 7.44. The van der Waals surface area contributed by atoms with Crippen LogP contribution in [-0.2, 0) is 4.74 Å². The van der Waals surface area contributed by atoms with Crippen molar-refractivity contribution < 1.29 is 18.3 Å². The molecule has 0 atom stereocenters. The Morgan fingerprint density at radius 1 is 1.14 bits per heavy atom. The number of halogens is 2. The van der Waals surface area contributed by atoms with Crippen molar-refractivity contribution in [1.29, 1.82) is 0 Å². The lowest BCUT2D eigenvalue weighted by Crippen LogP contribution is -2.47. The molecule has 1 aliphatic carbocycles. The highest BCUT2D eigenvalue weighted by molar-refractivity contribution is 6.03. The zero-order chi connectivity index (χ0) is 15.7. The van der Waals surface area contributed by atoms with E-state index >= 15 is 0 Å². The summed E-state index contributed by atoms with van der Waals surface area (Å²) in [5, 5.41) is 0. The minimum absolute atomic E-state index is 0.134. The van der Waals surface area contributed by atoms with Crippen molar-refractivity contribution in [2.75, 3.05) is 6.61 Å². The summed E-state index contributed by atoms with van der Waals surface area (Å²) < 4.78 is 33.5. The minimum Gasteiger partial charge on any atom is -0.367 e. The third-order valence-electron chi connectivity index (χ3n) is 4.44. The first-order chi connectivity index (χ1) is 9.81. The van der Waals surface area contributed by atoms with Crippen LogP contribution in [0.2, 0.25) is 0 Å². The number of Topliss-reactive ketones (excluding diaryl/α,β-unsaturated/α-hetero) is 1. The molecule has 1 fully saturated rings. The Balaban J connectivity index is 2.37. The molecule has 1 aromatic carbocycles. The van der Waals surface area contributed by atoms with Crippen molar-refractivity contribution in [3.63, 3.8) is 0 Å². The number of hydrogen-bond acceptors (Lipinski definition) is 2. The summed E-state index contributed by atoms with van der Waals surface area (Å²) in [6, 6.07) is 3.49. The first-order valence-electron chi connectivity index (χ1n) is 7.44. The molecule has 0 heterocycles. The predicted octanol–water partition coefficient (Wildman–Crippen LogP) is 4.52. The molecule has 0 spiro atoms. The van der Waals surface area contributed by atoms with Crippen molar-refractivity contribution in [2.45, 2.75) is 52.1 Å². The van der Waals surface area contributed by atoms with E-state index < -0.39 is 28.6 Å². The van der Waals surface area contributed by atoms with Crippen LogP contribution < -0.4 is 0 Å². The van der Waals surface area contributed by atoms with Crippen molar-refractivity contribution in [1.82, 2.24) is 0 Å². The maximum absolute atomic E-state index is 13.9. The lowest BCUT2D eigenvalue weighted by atomic mass is 9.68. The van der Waals surface area contributed by atoms with Gasteiger partial charge in [-0.2, -0.15) is 0 Å². The molecule has 0 aliphatic heterocycles. The lowest BCUT2D eigenvalue weighted by molar-refractivity contribution is -0.0584. The van der Waals surface area contributed by atoms with Crippen molar-refractivity contribution in [3.8, 4) is 0 Å². The second-order valence-corrected chi connectivity index (χ2v) is 6.52. The van der Waals surface area contributed by atoms with Gasteiger partial charge in [0.05, 0.1) is 5.56 Å². The van der Waals surface area contributed by atoms with Gasteiger partial charge in [0.25, 0.3) is 0 Å². The fraction of sp³-hybridized carbons (Fsp3) is 0.588. The summed E-state index contributed by atoms with van der Waals surface area (Å²) in [4.78, 5) is 12.8. The van der Waals surface area contributed by atoms with E-state index in [1.54, 1.807) is 6.92 Å². The molecule has 0 amide bonds. The molecule has 0 saturated heterocycles. The molecular formula is C17H22F2O2. The molecule has 1 aromatic rings. The lowest BCUT2D eigenvalue weighted by Gasteiger charge is -2.42. The monoisotopic (exact) mass is 296 g/mol. The van der Waals surface area contributed by atoms with E-state index in [1.807, 2.05) is 0 Å². The SMILES string of the molecule is CCOC1(C(=O)c2c(F)cccc2F)CCC(C)(C)CC1. The van der Waals surface area contributed by atoms with E-state index in [4.69, 9.17) is 4.74 Å². The number of rotatable bonds is 4. The molecule has 2 nitrogen and oxygen atoms in total. The number of ether oxygens (including phenoxy) is 1. The van der Waals surface area contributed by atoms with Crippen LogP contribution in [0.15, 0.2) is 18.2 Å². The first kappa shape index (κ1) is 16.1. The van der Waals surface area contributed by atoms with Gasteiger partial charge < -0.3 is 4.74 Å². The molecule has 4 heteroatoms.